The third-order valence-corrected chi connectivity index (χ3v) is 3.98. The highest BCUT2D eigenvalue weighted by Crippen LogP contribution is 2.28. The fraction of sp³-hybridized carbons (Fsp3) is 0.235. The normalized spacial score (nSPS) is 11.6. The highest BCUT2D eigenvalue weighted by Gasteiger charge is 2.13. The Bertz CT molecular complexity index is 673. The maximum atomic E-state index is 12.3. The Morgan fingerprint density at radius 3 is 2.55 bits per heavy atom. The van der Waals surface area contributed by atoms with Gasteiger partial charge in [0.2, 0.25) is 0 Å². The van der Waals surface area contributed by atoms with Crippen molar-refractivity contribution in [3.05, 3.63) is 58.1 Å². The number of carbonyl (C=O) groups excluding carboxylic acids is 1. The van der Waals surface area contributed by atoms with E-state index in [2.05, 4.69) is 21.2 Å². The van der Waals surface area contributed by atoms with Crippen LogP contribution in [0.4, 0.5) is 0 Å². The fourth-order valence-electron chi connectivity index (χ4n) is 2.08. The molecule has 22 heavy (non-hydrogen) atoms. The Kier molecular flexibility index (Phi) is 5.44. The zero-order valence-electron chi connectivity index (χ0n) is 12.7. The van der Waals surface area contributed by atoms with Crippen LogP contribution in [0.15, 0.2) is 46.9 Å². The Labute approximate surface area is 138 Å². The van der Waals surface area contributed by atoms with Crippen molar-refractivity contribution in [2.45, 2.75) is 13.0 Å². The van der Waals surface area contributed by atoms with E-state index in [4.69, 9.17) is 9.47 Å². The van der Waals surface area contributed by atoms with Gasteiger partial charge in [0.15, 0.2) is 0 Å². The van der Waals surface area contributed by atoms with E-state index in [0.717, 1.165) is 15.8 Å². The average molecular weight is 364 g/mol. The summed E-state index contributed by atoms with van der Waals surface area (Å²) < 4.78 is 11.2. The molecule has 1 atom stereocenters. The molecule has 0 saturated carbocycles. The molecule has 0 aliphatic heterocycles. The molecule has 0 bridgehead atoms. The van der Waals surface area contributed by atoms with Crippen molar-refractivity contribution in [2.75, 3.05) is 14.2 Å². The lowest BCUT2D eigenvalue weighted by molar-refractivity contribution is 0.0939. The molecule has 2 rings (SSSR count). The van der Waals surface area contributed by atoms with Crippen molar-refractivity contribution >= 4 is 21.8 Å². The molecule has 0 fully saturated rings. The quantitative estimate of drug-likeness (QED) is 0.874. The van der Waals surface area contributed by atoms with Gasteiger partial charge in [0.05, 0.1) is 24.7 Å². The molecule has 1 N–H and O–H groups in total. The summed E-state index contributed by atoms with van der Waals surface area (Å²) in [6.07, 6.45) is 0. The molecule has 0 saturated heterocycles. The number of halogens is 1. The molecule has 2 aromatic carbocycles. The Morgan fingerprint density at radius 1 is 1.14 bits per heavy atom. The zero-order valence-corrected chi connectivity index (χ0v) is 14.3. The first-order chi connectivity index (χ1) is 10.5. The van der Waals surface area contributed by atoms with E-state index in [1.807, 2.05) is 25.1 Å². The summed E-state index contributed by atoms with van der Waals surface area (Å²) >= 11 is 3.45. The molecule has 0 heterocycles. The van der Waals surface area contributed by atoms with Crippen molar-refractivity contribution in [3.63, 3.8) is 0 Å². The number of benzene rings is 2. The van der Waals surface area contributed by atoms with Gasteiger partial charge in [0.25, 0.3) is 5.91 Å². The number of amides is 1. The molecule has 4 nitrogen and oxygen atoms in total. The monoisotopic (exact) mass is 363 g/mol. The Hall–Kier alpha value is -2.01. The first-order valence-corrected chi connectivity index (χ1v) is 7.62. The van der Waals surface area contributed by atoms with Crippen LogP contribution in [0.2, 0.25) is 0 Å². The van der Waals surface area contributed by atoms with Crippen molar-refractivity contribution in [3.8, 4) is 11.5 Å². The van der Waals surface area contributed by atoms with Crippen LogP contribution < -0.4 is 14.8 Å². The highest BCUT2D eigenvalue weighted by molar-refractivity contribution is 9.10. The third-order valence-electron chi connectivity index (χ3n) is 3.36. The number of hydrogen-bond acceptors (Lipinski definition) is 3. The third kappa shape index (κ3) is 3.80. The summed E-state index contributed by atoms with van der Waals surface area (Å²) in [6.45, 7) is 1.94. The number of ether oxygens (including phenoxy) is 2. The minimum atomic E-state index is -0.140. The predicted octanol–water partition coefficient (Wildman–Crippen LogP) is 3.96. The summed E-state index contributed by atoms with van der Waals surface area (Å²) in [5.74, 6) is 1.28. The number of methoxy groups -OCH3 is 2. The van der Waals surface area contributed by atoms with E-state index < -0.39 is 0 Å². The van der Waals surface area contributed by atoms with Gasteiger partial charge in [0, 0.05) is 5.56 Å². The summed E-state index contributed by atoms with van der Waals surface area (Å²) in [6, 6.07) is 12.7. The van der Waals surface area contributed by atoms with E-state index in [-0.39, 0.29) is 11.9 Å². The second kappa shape index (κ2) is 7.31. The SMILES string of the molecule is COc1cccc(C(=O)N[C@H](C)c2ccc(OC)c(Br)c2)c1. The topological polar surface area (TPSA) is 47.6 Å². The molecule has 0 radical (unpaired) electrons. The number of hydrogen-bond donors (Lipinski definition) is 1. The van der Waals surface area contributed by atoms with Crippen LogP contribution in [-0.2, 0) is 0 Å². The summed E-state index contributed by atoms with van der Waals surface area (Å²) in [7, 11) is 3.20. The van der Waals surface area contributed by atoms with Crippen molar-refractivity contribution in [2.24, 2.45) is 0 Å². The van der Waals surface area contributed by atoms with Crippen molar-refractivity contribution < 1.29 is 14.3 Å². The average Bonchev–Trinajstić information content (AvgIpc) is 2.54. The van der Waals surface area contributed by atoms with Gasteiger partial charge in [0.1, 0.15) is 11.5 Å². The predicted molar refractivity (Wildman–Crippen MR) is 89.6 cm³/mol. The molecule has 0 aromatic heterocycles. The number of rotatable bonds is 5. The molecular weight excluding hydrogens is 346 g/mol. The number of carbonyl (C=O) groups is 1. The maximum Gasteiger partial charge on any atom is 0.251 e. The van der Waals surface area contributed by atoms with Crippen LogP contribution in [0.1, 0.15) is 28.9 Å². The smallest absolute Gasteiger partial charge is 0.251 e. The first-order valence-electron chi connectivity index (χ1n) is 6.83. The van der Waals surface area contributed by atoms with Crippen LogP contribution in [0.3, 0.4) is 0 Å². The van der Waals surface area contributed by atoms with Gasteiger partial charge in [-0.25, -0.2) is 0 Å². The molecule has 0 spiro atoms. The lowest BCUT2D eigenvalue weighted by Crippen LogP contribution is -2.26. The van der Waals surface area contributed by atoms with E-state index >= 15 is 0 Å². The van der Waals surface area contributed by atoms with Crippen molar-refractivity contribution in [1.29, 1.82) is 0 Å². The van der Waals surface area contributed by atoms with E-state index in [9.17, 15) is 4.79 Å². The van der Waals surface area contributed by atoms with Crippen LogP contribution in [0.5, 0.6) is 11.5 Å². The minimum Gasteiger partial charge on any atom is -0.497 e. The van der Waals surface area contributed by atoms with Crippen LogP contribution >= 0.6 is 15.9 Å². The van der Waals surface area contributed by atoms with Gasteiger partial charge in [-0.15, -0.1) is 0 Å². The van der Waals surface area contributed by atoms with Gasteiger partial charge < -0.3 is 14.8 Å². The molecule has 1 amide bonds. The van der Waals surface area contributed by atoms with Gasteiger partial charge in [-0.3, -0.25) is 4.79 Å². The second-order valence-electron chi connectivity index (χ2n) is 4.82. The summed E-state index contributed by atoms with van der Waals surface area (Å²) in [5, 5.41) is 2.97. The van der Waals surface area contributed by atoms with Gasteiger partial charge in [-0.1, -0.05) is 12.1 Å². The van der Waals surface area contributed by atoms with Gasteiger partial charge in [-0.05, 0) is 58.7 Å². The molecular formula is C17H18BrNO3. The summed E-state index contributed by atoms with van der Waals surface area (Å²) in [5.41, 5.74) is 1.56. The molecule has 0 aliphatic rings. The van der Waals surface area contributed by atoms with Crippen LogP contribution in [0.25, 0.3) is 0 Å². The Morgan fingerprint density at radius 2 is 1.91 bits per heavy atom. The first kappa shape index (κ1) is 16.4. The second-order valence-corrected chi connectivity index (χ2v) is 5.68. The summed E-state index contributed by atoms with van der Waals surface area (Å²) in [4.78, 5) is 12.3. The zero-order chi connectivity index (χ0) is 16.1. The molecule has 0 aliphatic carbocycles. The van der Waals surface area contributed by atoms with Crippen LogP contribution in [0, 0.1) is 0 Å². The molecule has 116 valence electrons. The maximum absolute atomic E-state index is 12.3. The molecule has 2 aromatic rings. The van der Waals surface area contributed by atoms with Crippen LogP contribution in [-0.4, -0.2) is 20.1 Å². The standard InChI is InChI=1S/C17H18BrNO3/c1-11(12-7-8-16(22-3)15(18)10-12)19-17(20)13-5-4-6-14(9-13)21-2/h4-11H,1-3H3,(H,19,20)/t11-/m1/s1. The Balaban J connectivity index is 2.12. The minimum absolute atomic E-state index is 0.124. The fourth-order valence-corrected chi connectivity index (χ4v) is 2.64. The lowest BCUT2D eigenvalue weighted by Gasteiger charge is -2.16. The van der Waals surface area contributed by atoms with Gasteiger partial charge in [-0.2, -0.15) is 0 Å². The highest BCUT2D eigenvalue weighted by atomic mass is 79.9. The lowest BCUT2D eigenvalue weighted by atomic mass is 10.1. The van der Waals surface area contributed by atoms with Gasteiger partial charge >= 0.3 is 0 Å². The molecule has 0 unspecified atom stereocenters. The van der Waals surface area contributed by atoms with Crippen molar-refractivity contribution in [1.82, 2.24) is 5.32 Å². The number of nitrogens with one attached hydrogen (secondary N) is 1. The largest absolute Gasteiger partial charge is 0.497 e. The van der Waals surface area contributed by atoms with E-state index in [1.165, 1.54) is 0 Å². The van der Waals surface area contributed by atoms with E-state index in [0.29, 0.717) is 11.3 Å². The molecule has 5 heteroatoms. The van der Waals surface area contributed by atoms with E-state index in [1.54, 1.807) is 38.5 Å².